The zero-order valence-corrected chi connectivity index (χ0v) is 23.2. The van der Waals surface area contributed by atoms with E-state index >= 15 is 0 Å². The fourth-order valence-corrected chi connectivity index (χ4v) is 6.26. The molecule has 200 valence electrons. The summed E-state index contributed by atoms with van der Waals surface area (Å²) in [5.74, 6) is 0.837. The number of carbonyl (C=O) groups is 1. The Kier molecular flexibility index (Phi) is 8.34. The van der Waals surface area contributed by atoms with E-state index in [-0.39, 0.29) is 18.1 Å². The molecule has 2 aromatic rings. The molecule has 0 saturated carbocycles. The van der Waals surface area contributed by atoms with Crippen LogP contribution >= 0.6 is 11.6 Å². The number of anilines is 1. The second-order valence-electron chi connectivity index (χ2n) is 10.7. The number of ether oxygens (including phenoxy) is 1. The van der Waals surface area contributed by atoms with Crippen molar-refractivity contribution in [2.45, 2.75) is 51.9 Å². The molecule has 3 fully saturated rings. The predicted octanol–water partition coefficient (Wildman–Crippen LogP) is 4.26. The van der Waals surface area contributed by atoms with Crippen molar-refractivity contribution in [1.82, 2.24) is 19.7 Å². The Balaban J connectivity index is 1.35. The fraction of sp³-hybridized carbons (Fsp3) is 0.586. The minimum atomic E-state index is 0.0762. The number of morpholine rings is 1. The SMILES string of the molecule is CCN1CCN(C2CCN(C(=O)c3ccc(-c4cccc(Cl)c4)nc3N3C[C@@H](C)O[C@@H](C)C3)CC2)CC1. The van der Waals surface area contributed by atoms with Gasteiger partial charge >= 0.3 is 0 Å². The van der Waals surface area contributed by atoms with Crippen LogP contribution < -0.4 is 4.90 Å². The largest absolute Gasteiger partial charge is 0.372 e. The zero-order chi connectivity index (χ0) is 25.9. The maximum Gasteiger partial charge on any atom is 0.257 e. The molecule has 7 nitrogen and oxygen atoms in total. The highest BCUT2D eigenvalue weighted by molar-refractivity contribution is 6.30. The first-order chi connectivity index (χ1) is 17.9. The molecule has 3 saturated heterocycles. The lowest BCUT2D eigenvalue weighted by molar-refractivity contribution is -0.00555. The van der Waals surface area contributed by atoms with E-state index in [9.17, 15) is 4.79 Å². The van der Waals surface area contributed by atoms with Gasteiger partial charge in [-0.05, 0) is 57.5 Å². The lowest BCUT2D eigenvalue weighted by Crippen LogP contribution is -2.53. The fourth-order valence-electron chi connectivity index (χ4n) is 6.06. The first-order valence-corrected chi connectivity index (χ1v) is 14.2. The van der Waals surface area contributed by atoms with E-state index in [0.29, 0.717) is 29.7 Å². The molecule has 37 heavy (non-hydrogen) atoms. The summed E-state index contributed by atoms with van der Waals surface area (Å²) in [6.45, 7) is 15.1. The smallest absolute Gasteiger partial charge is 0.257 e. The maximum absolute atomic E-state index is 13.9. The number of benzene rings is 1. The van der Waals surface area contributed by atoms with Crippen LogP contribution in [-0.4, -0.2) is 103 Å². The van der Waals surface area contributed by atoms with Crippen LogP contribution in [0.25, 0.3) is 11.3 Å². The molecule has 1 aromatic heterocycles. The lowest BCUT2D eigenvalue weighted by Gasteiger charge is -2.43. The van der Waals surface area contributed by atoms with E-state index in [1.165, 1.54) is 0 Å². The first-order valence-electron chi connectivity index (χ1n) is 13.8. The third-order valence-electron chi connectivity index (χ3n) is 8.07. The molecular formula is C29H40ClN5O2. The summed E-state index contributed by atoms with van der Waals surface area (Å²) in [7, 11) is 0. The van der Waals surface area contributed by atoms with Crippen molar-refractivity contribution in [1.29, 1.82) is 0 Å². The number of rotatable bonds is 5. The van der Waals surface area contributed by atoms with Crippen molar-refractivity contribution < 1.29 is 9.53 Å². The van der Waals surface area contributed by atoms with Crippen molar-refractivity contribution in [3.8, 4) is 11.3 Å². The van der Waals surface area contributed by atoms with Gasteiger partial charge in [0.2, 0.25) is 0 Å². The summed E-state index contributed by atoms with van der Waals surface area (Å²) < 4.78 is 5.98. The van der Waals surface area contributed by atoms with Gasteiger partial charge in [0.05, 0.1) is 23.5 Å². The average molecular weight is 526 g/mol. The molecule has 3 aliphatic rings. The Bertz CT molecular complexity index is 1070. The van der Waals surface area contributed by atoms with Gasteiger partial charge in [0, 0.05) is 69.0 Å². The number of halogens is 1. The minimum absolute atomic E-state index is 0.0762. The van der Waals surface area contributed by atoms with Crippen LogP contribution in [0, 0.1) is 0 Å². The number of aromatic nitrogens is 1. The molecule has 3 aliphatic heterocycles. The van der Waals surface area contributed by atoms with Crippen molar-refractivity contribution in [2.24, 2.45) is 0 Å². The Morgan fingerprint density at radius 2 is 1.70 bits per heavy atom. The van der Waals surface area contributed by atoms with Gasteiger partial charge in [-0.1, -0.05) is 30.7 Å². The first kappa shape index (κ1) is 26.4. The second kappa shape index (κ2) is 11.7. The quantitative estimate of drug-likeness (QED) is 0.581. The van der Waals surface area contributed by atoms with Crippen molar-refractivity contribution in [2.75, 3.05) is 63.8 Å². The Hall–Kier alpha value is -2.19. The number of carbonyl (C=O) groups excluding carboxylic acids is 1. The third-order valence-corrected chi connectivity index (χ3v) is 8.30. The Morgan fingerprint density at radius 1 is 1.00 bits per heavy atom. The lowest BCUT2D eigenvalue weighted by atomic mass is 10.0. The molecule has 5 rings (SSSR count). The van der Waals surface area contributed by atoms with Gasteiger partial charge in [-0.25, -0.2) is 4.98 Å². The van der Waals surface area contributed by atoms with E-state index in [4.69, 9.17) is 21.3 Å². The number of piperidine rings is 1. The van der Waals surface area contributed by atoms with Gasteiger partial charge in [-0.3, -0.25) is 9.69 Å². The molecule has 1 amide bonds. The van der Waals surface area contributed by atoms with Crippen LogP contribution in [-0.2, 0) is 4.74 Å². The standard InChI is InChI=1S/C29H40ClN5O2/c1-4-32-14-16-33(17-15-32)25-10-12-34(13-11-25)29(36)26-8-9-27(23-6-5-7-24(30)18-23)31-28(26)35-19-21(2)37-22(3)20-35/h5-9,18,21-22,25H,4,10-17,19-20H2,1-3H3/t21-,22+. The van der Waals surface area contributed by atoms with E-state index < -0.39 is 0 Å². The highest BCUT2D eigenvalue weighted by Gasteiger charge is 2.32. The molecule has 0 radical (unpaired) electrons. The molecule has 1 aromatic carbocycles. The maximum atomic E-state index is 13.9. The van der Waals surface area contributed by atoms with E-state index in [1.807, 2.05) is 41.3 Å². The molecule has 0 unspecified atom stereocenters. The van der Waals surface area contributed by atoms with Gasteiger partial charge in [-0.15, -0.1) is 0 Å². The molecule has 2 atom stereocenters. The highest BCUT2D eigenvalue weighted by Crippen LogP contribution is 2.30. The highest BCUT2D eigenvalue weighted by atomic mass is 35.5. The topological polar surface area (TPSA) is 52.2 Å². The average Bonchev–Trinajstić information content (AvgIpc) is 2.92. The number of likely N-dealkylation sites (tertiary alicyclic amines) is 1. The summed E-state index contributed by atoms with van der Waals surface area (Å²) in [5, 5.41) is 0.675. The number of amides is 1. The monoisotopic (exact) mass is 525 g/mol. The Labute approximate surface area is 226 Å². The predicted molar refractivity (Wildman–Crippen MR) is 150 cm³/mol. The molecule has 0 spiro atoms. The molecule has 0 N–H and O–H groups in total. The number of hydrogen-bond donors (Lipinski definition) is 0. The van der Waals surface area contributed by atoms with E-state index in [1.54, 1.807) is 0 Å². The van der Waals surface area contributed by atoms with Crippen LogP contribution in [0.1, 0.15) is 44.0 Å². The molecule has 0 aliphatic carbocycles. The van der Waals surface area contributed by atoms with Crippen LogP contribution in [0.4, 0.5) is 5.82 Å². The minimum Gasteiger partial charge on any atom is -0.372 e. The number of pyridine rings is 1. The second-order valence-corrected chi connectivity index (χ2v) is 11.2. The van der Waals surface area contributed by atoms with E-state index in [0.717, 1.165) is 75.7 Å². The summed E-state index contributed by atoms with van der Waals surface area (Å²) in [6.07, 6.45) is 2.22. The summed E-state index contributed by atoms with van der Waals surface area (Å²) in [4.78, 5) is 28.3. The summed E-state index contributed by atoms with van der Waals surface area (Å²) in [5.41, 5.74) is 2.46. The van der Waals surface area contributed by atoms with Crippen molar-refractivity contribution in [3.05, 3.63) is 47.0 Å². The number of nitrogens with zero attached hydrogens (tertiary/aromatic N) is 5. The van der Waals surface area contributed by atoms with Gasteiger partial charge in [0.25, 0.3) is 5.91 Å². The summed E-state index contributed by atoms with van der Waals surface area (Å²) in [6, 6.07) is 12.2. The molecule has 0 bridgehead atoms. The normalized spacial score (nSPS) is 24.4. The van der Waals surface area contributed by atoms with Gasteiger partial charge in [-0.2, -0.15) is 0 Å². The molecular weight excluding hydrogens is 486 g/mol. The van der Waals surface area contributed by atoms with E-state index in [2.05, 4.69) is 35.5 Å². The van der Waals surface area contributed by atoms with Crippen molar-refractivity contribution >= 4 is 23.3 Å². The van der Waals surface area contributed by atoms with Gasteiger partial charge < -0.3 is 19.4 Å². The van der Waals surface area contributed by atoms with Crippen LogP contribution in [0.3, 0.4) is 0 Å². The van der Waals surface area contributed by atoms with Crippen LogP contribution in [0.15, 0.2) is 36.4 Å². The third kappa shape index (κ3) is 6.11. The summed E-state index contributed by atoms with van der Waals surface area (Å²) >= 11 is 6.27. The van der Waals surface area contributed by atoms with Gasteiger partial charge in [0.1, 0.15) is 5.82 Å². The Morgan fingerprint density at radius 3 is 2.35 bits per heavy atom. The molecule has 4 heterocycles. The molecule has 8 heteroatoms. The number of hydrogen-bond acceptors (Lipinski definition) is 6. The van der Waals surface area contributed by atoms with Crippen LogP contribution in [0.5, 0.6) is 0 Å². The zero-order valence-electron chi connectivity index (χ0n) is 22.4. The number of likely N-dealkylation sites (N-methyl/N-ethyl adjacent to an activating group) is 1. The van der Waals surface area contributed by atoms with Gasteiger partial charge in [0.15, 0.2) is 0 Å². The number of piperazine rings is 1. The van der Waals surface area contributed by atoms with Crippen molar-refractivity contribution in [3.63, 3.8) is 0 Å². The van der Waals surface area contributed by atoms with Crippen LogP contribution in [0.2, 0.25) is 5.02 Å².